The first-order chi connectivity index (χ1) is 7.95. The summed E-state index contributed by atoms with van der Waals surface area (Å²) in [6, 6.07) is 8.23. The molecule has 0 radical (unpaired) electrons. The second kappa shape index (κ2) is 4.91. The molecule has 2 N–H and O–H groups in total. The van der Waals surface area contributed by atoms with Crippen LogP contribution in [0.3, 0.4) is 0 Å². The van der Waals surface area contributed by atoms with Gasteiger partial charge in [-0.2, -0.15) is 0 Å². The normalized spacial score (nSPS) is 21.9. The summed E-state index contributed by atoms with van der Waals surface area (Å²) < 4.78 is 11.2. The standard InChI is InChI=1S/C12H18NO3P/c1-10-3-2-4-11(7-10)8-13-6-5-12(9-13)17(14,15)16/h2-4,7,12H,5-6,8-9H2,1H3,(H2,14,15,16). The molecule has 4 nitrogen and oxygen atoms in total. The minimum Gasteiger partial charge on any atom is -0.324 e. The van der Waals surface area contributed by atoms with Gasteiger partial charge < -0.3 is 9.79 Å². The Labute approximate surface area is 101 Å². The zero-order valence-electron chi connectivity index (χ0n) is 9.91. The van der Waals surface area contributed by atoms with Gasteiger partial charge in [0.1, 0.15) is 0 Å². The molecule has 17 heavy (non-hydrogen) atoms. The summed E-state index contributed by atoms with van der Waals surface area (Å²) in [7, 11) is -3.91. The maximum Gasteiger partial charge on any atom is 0.329 e. The first kappa shape index (κ1) is 12.8. The van der Waals surface area contributed by atoms with Gasteiger partial charge in [0.2, 0.25) is 0 Å². The Morgan fingerprint density at radius 3 is 2.82 bits per heavy atom. The average molecular weight is 255 g/mol. The van der Waals surface area contributed by atoms with Crippen LogP contribution in [0.4, 0.5) is 0 Å². The predicted octanol–water partition coefficient (Wildman–Crippen LogP) is 1.75. The molecule has 0 saturated carbocycles. The van der Waals surface area contributed by atoms with Crippen LogP contribution in [0, 0.1) is 6.92 Å². The first-order valence-corrected chi connectivity index (χ1v) is 7.46. The van der Waals surface area contributed by atoms with Gasteiger partial charge in [-0.3, -0.25) is 9.46 Å². The monoisotopic (exact) mass is 255 g/mol. The Morgan fingerprint density at radius 2 is 2.24 bits per heavy atom. The van der Waals surface area contributed by atoms with Crippen molar-refractivity contribution in [3.05, 3.63) is 35.4 Å². The van der Waals surface area contributed by atoms with Crippen LogP contribution in [0.1, 0.15) is 17.5 Å². The number of rotatable bonds is 3. The number of likely N-dealkylation sites (tertiary alicyclic amines) is 1. The topological polar surface area (TPSA) is 60.8 Å². The van der Waals surface area contributed by atoms with Gasteiger partial charge in [-0.25, -0.2) is 0 Å². The largest absolute Gasteiger partial charge is 0.329 e. The lowest BCUT2D eigenvalue weighted by Crippen LogP contribution is -2.21. The molecule has 1 unspecified atom stereocenters. The van der Waals surface area contributed by atoms with Crippen molar-refractivity contribution in [3.8, 4) is 0 Å². The minimum atomic E-state index is -3.91. The fraction of sp³-hybridized carbons (Fsp3) is 0.500. The minimum absolute atomic E-state index is 0.479. The van der Waals surface area contributed by atoms with Crippen molar-refractivity contribution in [3.63, 3.8) is 0 Å². The van der Waals surface area contributed by atoms with Gasteiger partial charge in [0.05, 0.1) is 5.66 Å². The van der Waals surface area contributed by atoms with E-state index in [1.165, 1.54) is 11.1 Å². The van der Waals surface area contributed by atoms with E-state index >= 15 is 0 Å². The number of nitrogens with zero attached hydrogens (tertiary/aromatic N) is 1. The average Bonchev–Trinajstić information content (AvgIpc) is 2.65. The lowest BCUT2D eigenvalue weighted by Gasteiger charge is -2.16. The highest BCUT2D eigenvalue weighted by molar-refractivity contribution is 7.52. The van der Waals surface area contributed by atoms with E-state index in [4.69, 9.17) is 9.79 Å². The van der Waals surface area contributed by atoms with Crippen LogP contribution in [0.5, 0.6) is 0 Å². The summed E-state index contributed by atoms with van der Waals surface area (Å²) in [4.78, 5) is 20.4. The molecule has 0 amide bonds. The molecule has 0 aliphatic carbocycles. The van der Waals surface area contributed by atoms with E-state index in [-0.39, 0.29) is 0 Å². The van der Waals surface area contributed by atoms with E-state index in [1.54, 1.807) is 0 Å². The van der Waals surface area contributed by atoms with Crippen molar-refractivity contribution < 1.29 is 14.4 Å². The van der Waals surface area contributed by atoms with Gasteiger partial charge in [0, 0.05) is 13.1 Å². The van der Waals surface area contributed by atoms with Gasteiger partial charge in [-0.1, -0.05) is 29.8 Å². The molecule has 94 valence electrons. The van der Waals surface area contributed by atoms with Crippen LogP contribution in [0.15, 0.2) is 24.3 Å². The third-order valence-electron chi connectivity index (χ3n) is 3.21. The lowest BCUT2D eigenvalue weighted by molar-refractivity contribution is 0.319. The Morgan fingerprint density at radius 1 is 1.47 bits per heavy atom. The maximum absolute atomic E-state index is 11.2. The SMILES string of the molecule is Cc1cccc(CN2CCC(P(=O)(O)O)C2)c1. The van der Waals surface area contributed by atoms with E-state index in [1.807, 2.05) is 19.1 Å². The quantitative estimate of drug-likeness (QED) is 0.808. The van der Waals surface area contributed by atoms with Crippen molar-refractivity contribution in [2.75, 3.05) is 13.1 Å². The van der Waals surface area contributed by atoms with Crippen LogP contribution in [0.2, 0.25) is 0 Å². The zero-order valence-corrected chi connectivity index (χ0v) is 10.8. The molecule has 1 atom stereocenters. The van der Waals surface area contributed by atoms with Crippen molar-refractivity contribution >= 4 is 7.60 Å². The molecule has 1 saturated heterocycles. The summed E-state index contributed by atoms with van der Waals surface area (Å²) in [5.74, 6) is 0. The van der Waals surface area contributed by atoms with E-state index in [2.05, 4.69) is 17.0 Å². The van der Waals surface area contributed by atoms with Crippen LogP contribution in [-0.2, 0) is 11.1 Å². The molecule has 0 aromatic heterocycles. The van der Waals surface area contributed by atoms with Crippen LogP contribution in [0.25, 0.3) is 0 Å². The third kappa shape index (κ3) is 3.39. The molecular formula is C12H18NO3P. The van der Waals surface area contributed by atoms with Crippen LogP contribution >= 0.6 is 7.60 Å². The van der Waals surface area contributed by atoms with E-state index < -0.39 is 13.3 Å². The molecule has 1 heterocycles. The lowest BCUT2D eigenvalue weighted by atomic mass is 10.1. The fourth-order valence-corrected chi connectivity index (χ4v) is 3.19. The Kier molecular flexibility index (Phi) is 3.69. The molecule has 5 heteroatoms. The summed E-state index contributed by atoms with van der Waals surface area (Å²) >= 11 is 0. The molecular weight excluding hydrogens is 237 g/mol. The molecule has 1 fully saturated rings. The Balaban J connectivity index is 1.96. The highest BCUT2D eigenvalue weighted by Gasteiger charge is 2.35. The maximum atomic E-state index is 11.2. The molecule has 1 aromatic rings. The number of benzene rings is 1. The molecule has 0 spiro atoms. The zero-order chi connectivity index (χ0) is 12.5. The number of hydrogen-bond donors (Lipinski definition) is 2. The predicted molar refractivity (Wildman–Crippen MR) is 66.9 cm³/mol. The van der Waals surface area contributed by atoms with Crippen molar-refractivity contribution in [1.29, 1.82) is 0 Å². The highest BCUT2D eigenvalue weighted by Crippen LogP contribution is 2.45. The van der Waals surface area contributed by atoms with E-state index in [0.717, 1.165) is 13.1 Å². The molecule has 1 aromatic carbocycles. The smallest absolute Gasteiger partial charge is 0.324 e. The highest BCUT2D eigenvalue weighted by atomic mass is 31.2. The second-order valence-corrected chi connectivity index (χ2v) is 6.66. The molecule has 1 aliphatic rings. The van der Waals surface area contributed by atoms with Crippen molar-refractivity contribution in [2.45, 2.75) is 25.5 Å². The molecule has 2 rings (SSSR count). The van der Waals surface area contributed by atoms with E-state index in [9.17, 15) is 4.57 Å². The van der Waals surface area contributed by atoms with Gasteiger partial charge >= 0.3 is 7.60 Å². The first-order valence-electron chi connectivity index (χ1n) is 5.78. The number of aryl methyl sites for hydroxylation is 1. The number of hydrogen-bond acceptors (Lipinski definition) is 2. The van der Waals surface area contributed by atoms with Crippen molar-refractivity contribution in [1.82, 2.24) is 4.90 Å². The third-order valence-corrected chi connectivity index (χ3v) is 4.58. The van der Waals surface area contributed by atoms with Gasteiger partial charge in [-0.05, 0) is 25.5 Å². The second-order valence-electron chi connectivity index (χ2n) is 4.76. The molecule has 0 bridgehead atoms. The summed E-state index contributed by atoms with van der Waals surface area (Å²) in [5.41, 5.74) is 1.94. The van der Waals surface area contributed by atoms with Crippen molar-refractivity contribution in [2.24, 2.45) is 0 Å². The fourth-order valence-electron chi connectivity index (χ4n) is 2.30. The summed E-state index contributed by atoms with van der Waals surface area (Å²) in [5, 5.41) is 0. The van der Waals surface area contributed by atoms with Gasteiger partial charge in [-0.15, -0.1) is 0 Å². The van der Waals surface area contributed by atoms with Gasteiger partial charge in [0.25, 0.3) is 0 Å². The molecule has 1 aliphatic heterocycles. The van der Waals surface area contributed by atoms with E-state index in [0.29, 0.717) is 13.0 Å². The van der Waals surface area contributed by atoms with Crippen LogP contribution in [-0.4, -0.2) is 33.4 Å². The Hall–Kier alpha value is -0.670. The van der Waals surface area contributed by atoms with Crippen LogP contribution < -0.4 is 0 Å². The summed E-state index contributed by atoms with van der Waals surface area (Å²) in [6.45, 7) is 4.09. The van der Waals surface area contributed by atoms with Gasteiger partial charge in [0.15, 0.2) is 0 Å². The Bertz CT molecular complexity index is 443. The summed E-state index contributed by atoms with van der Waals surface area (Å²) in [6.07, 6.45) is 0.593.